The monoisotopic (exact) mass is 291 g/mol. The number of nitrogens with one attached hydrogen (secondary N) is 1. The van der Waals surface area contributed by atoms with E-state index >= 15 is 0 Å². The highest BCUT2D eigenvalue weighted by Gasteiger charge is 2.18. The Bertz CT molecular complexity index is 439. The van der Waals surface area contributed by atoms with Crippen LogP contribution in [0.1, 0.15) is 19.8 Å². The molecule has 5 heteroatoms. The lowest BCUT2D eigenvalue weighted by atomic mass is 9.97. The Morgan fingerprint density at radius 2 is 2.00 bits per heavy atom. The van der Waals surface area contributed by atoms with Crippen molar-refractivity contribution in [3.8, 4) is 5.75 Å². The summed E-state index contributed by atoms with van der Waals surface area (Å²) in [4.78, 5) is 13.3. The summed E-state index contributed by atoms with van der Waals surface area (Å²) >= 11 is 0. The molecule has 1 saturated heterocycles. The van der Waals surface area contributed by atoms with Crippen LogP contribution in [0.3, 0.4) is 0 Å². The van der Waals surface area contributed by atoms with Crippen molar-refractivity contribution in [2.24, 2.45) is 5.92 Å². The number of carbonyl (C=O) groups is 1. The zero-order valence-corrected chi connectivity index (χ0v) is 12.7. The standard InChI is InChI=1S/C16H25N3O2/c1-13(20)18-12-14-6-8-19(9-7-14)10-11-21-16-4-2-15(17)3-5-16/h2-5,14H,6-12,17H2,1H3,(H,18,20). The summed E-state index contributed by atoms with van der Waals surface area (Å²) in [6, 6.07) is 7.50. The number of nitrogens with two attached hydrogens (primary N) is 1. The summed E-state index contributed by atoms with van der Waals surface area (Å²) in [5.41, 5.74) is 6.39. The van der Waals surface area contributed by atoms with Crippen LogP contribution >= 0.6 is 0 Å². The molecule has 0 bridgehead atoms. The number of ether oxygens (including phenoxy) is 1. The molecule has 0 aromatic heterocycles. The first-order valence-electron chi connectivity index (χ1n) is 7.58. The molecular formula is C16H25N3O2. The van der Waals surface area contributed by atoms with E-state index in [4.69, 9.17) is 10.5 Å². The second-order valence-electron chi connectivity index (χ2n) is 5.64. The number of benzene rings is 1. The third-order valence-electron chi connectivity index (χ3n) is 3.90. The fourth-order valence-corrected chi connectivity index (χ4v) is 2.56. The van der Waals surface area contributed by atoms with Gasteiger partial charge in [0.05, 0.1) is 0 Å². The fraction of sp³-hybridized carbons (Fsp3) is 0.562. The molecule has 1 heterocycles. The summed E-state index contributed by atoms with van der Waals surface area (Å²) in [6.45, 7) is 6.18. The number of amides is 1. The van der Waals surface area contributed by atoms with Crippen LogP contribution in [0.25, 0.3) is 0 Å². The Morgan fingerprint density at radius 3 is 2.62 bits per heavy atom. The minimum absolute atomic E-state index is 0.0642. The molecule has 21 heavy (non-hydrogen) atoms. The van der Waals surface area contributed by atoms with Crippen molar-refractivity contribution >= 4 is 11.6 Å². The lowest BCUT2D eigenvalue weighted by Crippen LogP contribution is -2.39. The summed E-state index contributed by atoms with van der Waals surface area (Å²) in [7, 11) is 0. The van der Waals surface area contributed by atoms with Crippen LogP contribution in [0.2, 0.25) is 0 Å². The second-order valence-corrected chi connectivity index (χ2v) is 5.64. The SMILES string of the molecule is CC(=O)NCC1CCN(CCOc2ccc(N)cc2)CC1. The molecule has 1 aliphatic heterocycles. The van der Waals surface area contributed by atoms with E-state index in [0.29, 0.717) is 12.5 Å². The molecule has 0 radical (unpaired) electrons. The van der Waals surface area contributed by atoms with Gasteiger partial charge in [-0.1, -0.05) is 0 Å². The maximum Gasteiger partial charge on any atom is 0.216 e. The van der Waals surface area contributed by atoms with Crippen molar-refractivity contribution in [1.29, 1.82) is 0 Å². The number of nitrogen functional groups attached to an aromatic ring is 1. The first-order chi connectivity index (χ1) is 10.1. The van der Waals surface area contributed by atoms with Crippen molar-refractivity contribution in [2.75, 3.05) is 38.5 Å². The van der Waals surface area contributed by atoms with Gasteiger partial charge in [-0.25, -0.2) is 0 Å². The molecule has 2 rings (SSSR count). The van der Waals surface area contributed by atoms with Crippen LogP contribution in [0.15, 0.2) is 24.3 Å². The van der Waals surface area contributed by atoms with E-state index < -0.39 is 0 Å². The van der Waals surface area contributed by atoms with E-state index in [0.717, 1.165) is 50.5 Å². The van der Waals surface area contributed by atoms with Gasteiger partial charge in [0.1, 0.15) is 12.4 Å². The van der Waals surface area contributed by atoms with Crippen LogP contribution in [0.5, 0.6) is 5.75 Å². The Morgan fingerprint density at radius 1 is 1.33 bits per heavy atom. The molecule has 1 fully saturated rings. The van der Waals surface area contributed by atoms with Crippen LogP contribution in [0.4, 0.5) is 5.69 Å². The average molecular weight is 291 g/mol. The molecule has 0 unspecified atom stereocenters. The normalized spacial score (nSPS) is 16.6. The molecule has 0 spiro atoms. The molecule has 116 valence electrons. The Labute approximate surface area is 126 Å². The zero-order chi connectivity index (χ0) is 15.1. The Balaban J connectivity index is 1.60. The van der Waals surface area contributed by atoms with Crippen molar-refractivity contribution in [3.63, 3.8) is 0 Å². The summed E-state index contributed by atoms with van der Waals surface area (Å²) < 4.78 is 5.72. The fourth-order valence-electron chi connectivity index (χ4n) is 2.56. The highest BCUT2D eigenvalue weighted by atomic mass is 16.5. The van der Waals surface area contributed by atoms with Gasteiger partial charge in [0.25, 0.3) is 0 Å². The second kappa shape index (κ2) is 7.88. The molecule has 1 aliphatic rings. The first-order valence-corrected chi connectivity index (χ1v) is 7.58. The third kappa shape index (κ3) is 5.63. The minimum atomic E-state index is 0.0642. The zero-order valence-electron chi connectivity index (χ0n) is 12.7. The highest BCUT2D eigenvalue weighted by molar-refractivity contribution is 5.72. The average Bonchev–Trinajstić information content (AvgIpc) is 2.48. The maximum atomic E-state index is 10.9. The predicted octanol–water partition coefficient (Wildman–Crippen LogP) is 1.50. The largest absolute Gasteiger partial charge is 0.492 e. The van der Waals surface area contributed by atoms with Gasteiger partial charge in [0.2, 0.25) is 5.91 Å². The predicted molar refractivity (Wildman–Crippen MR) is 84.2 cm³/mol. The molecule has 1 amide bonds. The maximum absolute atomic E-state index is 10.9. The minimum Gasteiger partial charge on any atom is -0.492 e. The van der Waals surface area contributed by atoms with E-state index in [1.54, 1.807) is 6.92 Å². The van der Waals surface area contributed by atoms with Crippen LogP contribution in [0, 0.1) is 5.92 Å². The van der Waals surface area contributed by atoms with Gasteiger partial charge < -0.3 is 15.8 Å². The number of rotatable bonds is 6. The van der Waals surface area contributed by atoms with E-state index in [1.165, 1.54) is 0 Å². The van der Waals surface area contributed by atoms with Crippen LogP contribution < -0.4 is 15.8 Å². The molecule has 1 aromatic carbocycles. The van der Waals surface area contributed by atoms with Gasteiger partial charge in [-0.05, 0) is 56.1 Å². The van der Waals surface area contributed by atoms with Crippen molar-refractivity contribution < 1.29 is 9.53 Å². The topological polar surface area (TPSA) is 67.6 Å². The van der Waals surface area contributed by atoms with Crippen molar-refractivity contribution in [2.45, 2.75) is 19.8 Å². The van der Waals surface area contributed by atoms with Gasteiger partial charge in [-0.15, -0.1) is 0 Å². The van der Waals surface area contributed by atoms with Crippen molar-refractivity contribution in [3.05, 3.63) is 24.3 Å². The number of hydrogen-bond donors (Lipinski definition) is 2. The molecule has 3 N–H and O–H groups in total. The lowest BCUT2D eigenvalue weighted by Gasteiger charge is -2.31. The first kappa shape index (κ1) is 15.6. The van der Waals surface area contributed by atoms with Gasteiger partial charge in [-0.3, -0.25) is 9.69 Å². The highest BCUT2D eigenvalue weighted by Crippen LogP contribution is 2.17. The Hall–Kier alpha value is -1.75. The molecule has 0 saturated carbocycles. The number of likely N-dealkylation sites (tertiary alicyclic amines) is 1. The molecule has 0 atom stereocenters. The number of nitrogens with zero attached hydrogens (tertiary/aromatic N) is 1. The van der Waals surface area contributed by atoms with Gasteiger partial charge in [0.15, 0.2) is 0 Å². The van der Waals surface area contributed by atoms with Gasteiger partial charge in [0, 0.05) is 25.7 Å². The summed E-state index contributed by atoms with van der Waals surface area (Å²) in [6.07, 6.45) is 2.28. The van der Waals surface area contributed by atoms with Gasteiger partial charge in [-0.2, -0.15) is 0 Å². The molecule has 0 aliphatic carbocycles. The summed E-state index contributed by atoms with van der Waals surface area (Å²) in [5.74, 6) is 1.54. The van der Waals surface area contributed by atoms with E-state index in [9.17, 15) is 4.79 Å². The molecular weight excluding hydrogens is 266 g/mol. The Kier molecular flexibility index (Phi) is 5.87. The summed E-state index contributed by atoms with van der Waals surface area (Å²) in [5, 5.41) is 2.91. The number of piperidine rings is 1. The number of carbonyl (C=O) groups excluding carboxylic acids is 1. The van der Waals surface area contributed by atoms with E-state index in [1.807, 2.05) is 24.3 Å². The lowest BCUT2D eigenvalue weighted by molar-refractivity contribution is -0.119. The molecule has 5 nitrogen and oxygen atoms in total. The van der Waals surface area contributed by atoms with Crippen LogP contribution in [-0.4, -0.2) is 43.6 Å². The molecule has 1 aromatic rings. The third-order valence-corrected chi connectivity index (χ3v) is 3.90. The quantitative estimate of drug-likeness (QED) is 0.779. The van der Waals surface area contributed by atoms with Gasteiger partial charge >= 0.3 is 0 Å². The van der Waals surface area contributed by atoms with E-state index in [-0.39, 0.29) is 5.91 Å². The van der Waals surface area contributed by atoms with Crippen molar-refractivity contribution in [1.82, 2.24) is 10.2 Å². The smallest absolute Gasteiger partial charge is 0.216 e. The van der Waals surface area contributed by atoms with Crippen LogP contribution in [-0.2, 0) is 4.79 Å². The number of anilines is 1. The van der Waals surface area contributed by atoms with E-state index in [2.05, 4.69) is 10.2 Å². The number of hydrogen-bond acceptors (Lipinski definition) is 4.